The SMILES string of the molecule is CCOC(=O)CSc1ccc(F)cc1CNC(C)(C)C. The van der Waals surface area contributed by atoms with Crippen LogP contribution in [0.4, 0.5) is 4.39 Å². The van der Waals surface area contributed by atoms with Crippen LogP contribution in [0.15, 0.2) is 23.1 Å². The largest absolute Gasteiger partial charge is 0.465 e. The second-order valence-electron chi connectivity index (χ2n) is 5.45. The highest BCUT2D eigenvalue weighted by atomic mass is 32.2. The lowest BCUT2D eigenvalue weighted by atomic mass is 10.1. The standard InChI is InChI=1S/C15H22FNO2S/c1-5-19-14(18)10-20-13-7-6-12(16)8-11(13)9-17-15(2,3)4/h6-8,17H,5,9-10H2,1-4H3. The first-order valence-corrected chi connectivity index (χ1v) is 7.62. The molecule has 0 amide bonds. The van der Waals surface area contributed by atoms with Gasteiger partial charge in [0.05, 0.1) is 12.4 Å². The molecule has 0 aliphatic rings. The zero-order valence-electron chi connectivity index (χ0n) is 12.5. The molecular weight excluding hydrogens is 277 g/mol. The minimum atomic E-state index is -0.267. The van der Waals surface area contributed by atoms with Crippen molar-refractivity contribution < 1.29 is 13.9 Å². The van der Waals surface area contributed by atoms with Gasteiger partial charge in [-0.1, -0.05) is 0 Å². The summed E-state index contributed by atoms with van der Waals surface area (Å²) in [5, 5.41) is 3.32. The Morgan fingerprint density at radius 1 is 1.40 bits per heavy atom. The number of hydrogen-bond acceptors (Lipinski definition) is 4. The number of esters is 1. The van der Waals surface area contributed by atoms with Crippen LogP contribution in [0.25, 0.3) is 0 Å². The number of carbonyl (C=O) groups is 1. The molecule has 0 aliphatic heterocycles. The molecular formula is C15H22FNO2S. The van der Waals surface area contributed by atoms with E-state index in [0.29, 0.717) is 13.2 Å². The maximum atomic E-state index is 13.4. The molecule has 0 radical (unpaired) electrons. The zero-order valence-corrected chi connectivity index (χ0v) is 13.3. The maximum absolute atomic E-state index is 13.4. The fourth-order valence-electron chi connectivity index (χ4n) is 1.53. The van der Waals surface area contributed by atoms with E-state index in [0.717, 1.165) is 10.5 Å². The Balaban J connectivity index is 2.72. The Labute approximate surface area is 124 Å². The molecule has 0 aromatic heterocycles. The summed E-state index contributed by atoms with van der Waals surface area (Å²) in [5.41, 5.74) is 0.810. The maximum Gasteiger partial charge on any atom is 0.316 e. The van der Waals surface area contributed by atoms with Crippen LogP contribution in [-0.2, 0) is 16.1 Å². The lowest BCUT2D eigenvalue weighted by molar-refractivity contribution is -0.139. The van der Waals surface area contributed by atoms with Crippen molar-refractivity contribution in [2.24, 2.45) is 0 Å². The lowest BCUT2D eigenvalue weighted by Crippen LogP contribution is -2.35. The summed E-state index contributed by atoms with van der Waals surface area (Å²) in [6, 6.07) is 4.62. The van der Waals surface area contributed by atoms with Gasteiger partial charge in [-0.05, 0) is 51.5 Å². The lowest BCUT2D eigenvalue weighted by Gasteiger charge is -2.21. The molecule has 0 aliphatic carbocycles. The molecule has 5 heteroatoms. The molecule has 3 nitrogen and oxygen atoms in total. The van der Waals surface area contributed by atoms with Crippen molar-refractivity contribution in [1.82, 2.24) is 5.32 Å². The molecule has 0 heterocycles. The number of hydrogen-bond donors (Lipinski definition) is 1. The Morgan fingerprint density at radius 2 is 2.10 bits per heavy atom. The van der Waals surface area contributed by atoms with Gasteiger partial charge < -0.3 is 10.1 Å². The highest BCUT2D eigenvalue weighted by Gasteiger charge is 2.12. The van der Waals surface area contributed by atoms with Crippen LogP contribution in [0.5, 0.6) is 0 Å². The predicted molar refractivity (Wildman–Crippen MR) is 80.3 cm³/mol. The summed E-state index contributed by atoms with van der Waals surface area (Å²) in [6.07, 6.45) is 0. The molecule has 0 spiro atoms. The second kappa shape index (κ2) is 7.64. The average molecular weight is 299 g/mol. The third-order valence-electron chi connectivity index (χ3n) is 2.48. The highest BCUT2D eigenvalue weighted by Crippen LogP contribution is 2.24. The molecule has 20 heavy (non-hydrogen) atoms. The van der Waals surface area contributed by atoms with Gasteiger partial charge in [-0.2, -0.15) is 0 Å². The highest BCUT2D eigenvalue weighted by molar-refractivity contribution is 8.00. The first-order chi connectivity index (χ1) is 9.31. The molecule has 1 aromatic rings. The fourth-order valence-corrected chi connectivity index (χ4v) is 2.36. The van der Waals surface area contributed by atoms with Crippen molar-refractivity contribution in [2.75, 3.05) is 12.4 Å². The number of ether oxygens (including phenoxy) is 1. The molecule has 0 saturated carbocycles. The number of benzene rings is 1. The summed E-state index contributed by atoms with van der Waals surface area (Å²) >= 11 is 1.37. The van der Waals surface area contributed by atoms with Crippen LogP contribution in [-0.4, -0.2) is 23.9 Å². The van der Waals surface area contributed by atoms with E-state index in [-0.39, 0.29) is 23.1 Å². The zero-order chi connectivity index (χ0) is 15.2. The van der Waals surface area contributed by atoms with Crippen LogP contribution >= 0.6 is 11.8 Å². The second-order valence-corrected chi connectivity index (χ2v) is 6.47. The average Bonchev–Trinajstić information content (AvgIpc) is 2.34. The first kappa shape index (κ1) is 17.0. The minimum absolute atomic E-state index is 0.0462. The third kappa shape index (κ3) is 6.39. The first-order valence-electron chi connectivity index (χ1n) is 6.63. The Bertz CT molecular complexity index is 458. The molecule has 1 N–H and O–H groups in total. The van der Waals surface area contributed by atoms with Gasteiger partial charge in [0.1, 0.15) is 5.82 Å². The summed E-state index contributed by atoms with van der Waals surface area (Å²) in [7, 11) is 0. The van der Waals surface area contributed by atoms with E-state index in [1.165, 1.54) is 23.9 Å². The summed E-state index contributed by atoms with van der Waals surface area (Å²) in [4.78, 5) is 12.3. The number of carbonyl (C=O) groups excluding carboxylic acids is 1. The van der Waals surface area contributed by atoms with Gasteiger partial charge in [-0.15, -0.1) is 11.8 Å². The van der Waals surface area contributed by atoms with E-state index in [2.05, 4.69) is 26.1 Å². The number of nitrogens with one attached hydrogen (secondary N) is 1. The molecule has 0 atom stereocenters. The van der Waals surface area contributed by atoms with Gasteiger partial charge in [0.25, 0.3) is 0 Å². The number of thioether (sulfide) groups is 1. The van der Waals surface area contributed by atoms with E-state index in [4.69, 9.17) is 4.74 Å². The van der Waals surface area contributed by atoms with E-state index >= 15 is 0 Å². The van der Waals surface area contributed by atoms with Gasteiger partial charge in [-0.25, -0.2) is 4.39 Å². The van der Waals surface area contributed by atoms with Crippen molar-refractivity contribution in [1.29, 1.82) is 0 Å². The quantitative estimate of drug-likeness (QED) is 0.645. The third-order valence-corrected chi connectivity index (χ3v) is 3.57. The number of rotatable bonds is 6. The molecule has 0 bridgehead atoms. The normalized spacial score (nSPS) is 11.4. The van der Waals surface area contributed by atoms with Crippen LogP contribution in [0, 0.1) is 5.82 Å². The molecule has 0 saturated heterocycles. The predicted octanol–water partition coefficient (Wildman–Crippen LogP) is 3.37. The summed E-state index contributed by atoms with van der Waals surface area (Å²) in [6.45, 7) is 8.87. The van der Waals surface area contributed by atoms with Crippen LogP contribution in [0.2, 0.25) is 0 Å². The van der Waals surface area contributed by atoms with Crippen molar-refractivity contribution >= 4 is 17.7 Å². The van der Waals surface area contributed by atoms with Gasteiger partial charge in [0.2, 0.25) is 0 Å². The summed E-state index contributed by atoms with van der Waals surface area (Å²) < 4.78 is 18.2. The Kier molecular flexibility index (Phi) is 6.49. The number of halogens is 1. The van der Waals surface area contributed by atoms with Crippen LogP contribution < -0.4 is 5.32 Å². The van der Waals surface area contributed by atoms with Crippen molar-refractivity contribution in [2.45, 2.75) is 44.7 Å². The van der Waals surface area contributed by atoms with Crippen LogP contribution in [0.3, 0.4) is 0 Å². The van der Waals surface area contributed by atoms with Gasteiger partial charge >= 0.3 is 5.97 Å². The van der Waals surface area contributed by atoms with Crippen LogP contribution in [0.1, 0.15) is 33.3 Å². The Hall–Kier alpha value is -1.07. The van der Waals surface area contributed by atoms with E-state index in [9.17, 15) is 9.18 Å². The molecule has 0 unspecified atom stereocenters. The van der Waals surface area contributed by atoms with Gasteiger partial charge in [0.15, 0.2) is 0 Å². The van der Waals surface area contributed by atoms with Crippen molar-refractivity contribution in [3.63, 3.8) is 0 Å². The summed E-state index contributed by atoms with van der Waals surface area (Å²) in [5.74, 6) is -0.283. The van der Waals surface area contributed by atoms with Crippen molar-refractivity contribution in [3.8, 4) is 0 Å². The molecule has 112 valence electrons. The van der Waals surface area contributed by atoms with E-state index < -0.39 is 0 Å². The van der Waals surface area contributed by atoms with Crippen molar-refractivity contribution in [3.05, 3.63) is 29.6 Å². The minimum Gasteiger partial charge on any atom is -0.465 e. The van der Waals surface area contributed by atoms with E-state index in [1.54, 1.807) is 13.0 Å². The molecule has 1 rings (SSSR count). The van der Waals surface area contributed by atoms with E-state index in [1.807, 2.05) is 0 Å². The van der Waals surface area contributed by atoms with Gasteiger partial charge in [0, 0.05) is 17.0 Å². The molecule has 1 aromatic carbocycles. The smallest absolute Gasteiger partial charge is 0.316 e. The topological polar surface area (TPSA) is 38.3 Å². The Morgan fingerprint density at radius 3 is 2.70 bits per heavy atom. The van der Waals surface area contributed by atoms with Gasteiger partial charge in [-0.3, -0.25) is 4.79 Å². The monoisotopic (exact) mass is 299 g/mol. The fraction of sp³-hybridized carbons (Fsp3) is 0.533. The molecule has 0 fully saturated rings.